The normalized spacial score (nSPS) is 18.6. The standard InChI is InChI=1S/C19H24N2O2.ClH/c20-13-18(21-19(22)12-17-7-3-4-10-23-17)16-9-8-14-5-1-2-6-15(14)11-16;/h1-2,5-6,8-9,11,17-18H,3-4,7,10,12-13,20H2,(H,21,22);1H. The highest BCUT2D eigenvalue weighted by molar-refractivity contribution is 5.85. The number of fused-ring (bicyclic) bond motifs is 1. The summed E-state index contributed by atoms with van der Waals surface area (Å²) in [5.74, 6) is 0.0144. The van der Waals surface area contributed by atoms with Crippen molar-refractivity contribution >= 4 is 29.1 Å². The Hall–Kier alpha value is -1.62. The summed E-state index contributed by atoms with van der Waals surface area (Å²) in [6.45, 7) is 1.15. The van der Waals surface area contributed by atoms with E-state index in [1.54, 1.807) is 0 Å². The highest BCUT2D eigenvalue weighted by Crippen LogP contribution is 2.21. The number of hydrogen-bond donors (Lipinski definition) is 2. The Balaban J connectivity index is 0.00000208. The molecule has 1 amide bonds. The molecule has 130 valence electrons. The molecule has 0 saturated carbocycles. The monoisotopic (exact) mass is 348 g/mol. The summed E-state index contributed by atoms with van der Waals surface area (Å²) in [5.41, 5.74) is 6.93. The van der Waals surface area contributed by atoms with E-state index in [4.69, 9.17) is 10.5 Å². The molecule has 4 nitrogen and oxygen atoms in total. The highest BCUT2D eigenvalue weighted by Gasteiger charge is 2.20. The van der Waals surface area contributed by atoms with Crippen LogP contribution in [0.4, 0.5) is 0 Å². The van der Waals surface area contributed by atoms with Gasteiger partial charge in [0, 0.05) is 13.2 Å². The van der Waals surface area contributed by atoms with Crippen LogP contribution in [-0.4, -0.2) is 25.2 Å². The van der Waals surface area contributed by atoms with Crippen LogP contribution >= 0.6 is 12.4 Å². The van der Waals surface area contributed by atoms with Gasteiger partial charge in [-0.15, -0.1) is 12.4 Å². The molecule has 0 bridgehead atoms. The first-order valence-corrected chi connectivity index (χ1v) is 8.36. The van der Waals surface area contributed by atoms with Crippen molar-refractivity contribution in [3.05, 3.63) is 48.0 Å². The van der Waals surface area contributed by atoms with E-state index in [1.165, 1.54) is 5.39 Å². The molecule has 0 radical (unpaired) electrons. The number of nitrogens with two attached hydrogens (primary N) is 1. The Morgan fingerprint density at radius 3 is 2.71 bits per heavy atom. The van der Waals surface area contributed by atoms with Crippen LogP contribution in [0.2, 0.25) is 0 Å². The summed E-state index contributed by atoms with van der Waals surface area (Å²) < 4.78 is 5.64. The molecular weight excluding hydrogens is 324 g/mol. The van der Waals surface area contributed by atoms with E-state index in [0.29, 0.717) is 13.0 Å². The molecular formula is C19H25ClN2O2. The lowest BCUT2D eigenvalue weighted by molar-refractivity contribution is -0.125. The molecule has 2 unspecified atom stereocenters. The van der Waals surface area contributed by atoms with Crippen LogP contribution in [0.3, 0.4) is 0 Å². The SMILES string of the molecule is Cl.NCC(NC(=O)CC1CCCCO1)c1ccc2ccccc2c1. The third kappa shape index (κ3) is 4.69. The summed E-state index contributed by atoms with van der Waals surface area (Å²) in [7, 11) is 0. The lowest BCUT2D eigenvalue weighted by atomic mass is 10.0. The average Bonchev–Trinajstić information content (AvgIpc) is 2.60. The number of hydrogen-bond acceptors (Lipinski definition) is 3. The maximum absolute atomic E-state index is 12.3. The van der Waals surface area contributed by atoms with Gasteiger partial charge in [-0.05, 0) is 41.7 Å². The van der Waals surface area contributed by atoms with Gasteiger partial charge in [0.05, 0.1) is 18.6 Å². The predicted molar refractivity (Wildman–Crippen MR) is 99.3 cm³/mol. The minimum Gasteiger partial charge on any atom is -0.378 e. The van der Waals surface area contributed by atoms with Crippen molar-refractivity contribution in [1.29, 1.82) is 0 Å². The van der Waals surface area contributed by atoms with Gasteiger partial charge in [-0.3, -0.25) is 4.79 Å². The highest BCUT2D eigenvalue weighted by atomic mass is 35.5. The van der Waals surface area contributed by atoms with Gasteiger partial charge in [0.2, 0.25) is 5.91 Å². The van der Waals surface area contributed by atoms with Gasteiger partial charge in [-0.25, -0.2) is 0 Å². The summed E-state index contributed by atoms with van der Waals surface area (Å²) >= 11 is 0. The van der Waals surface area contributed by atoms with E-state index in [2.05, 4.69) is 29.6 Å². The summed E-state index contributed by atoms with van der Waals surface area (Å²) in [6.07, 6.45) is 3.68. The minimum absolute atomic E-state index is 0. The Labute approximate surface area is 149 Å². The van der Waals surface area contributed by atoms with Crippen LogP contribution < -0.4 is 11.1 Å². The van der Waals surface area contributed by atoms with Gasteiger partial charge in [-0.1, -0.05) is 36.4 Å². The fourth-order valence-corrected chi connectivity index (χ4v) is 3.13. The second kappa shape index (κ2) is 9.02. The molecule has 1 aliphatic heterocycles. The quantitative estimate of drug-likeness (QED) is 0.871. The Kier molecular flexibility index (Phi) is 7.03. The van der Waals surface area contributed by atoms with Crippen molar-refractivity contribution in [2.24, 2.45) is 5.73 Å². The predicted octanol–water partition coefficient (Wildman–Crippen LogP) is 3.34. The summed E-state index contributed by atoms with van der Waals surface area (Å²) in [6, 6.07) is 14.2. The molecule has 2 aromatic rings. The number of nitrogens with one attached hydrogen (secondary N) is 1. The zero-order valence-electron chi connectivity index (χ0n) is 13.7. The molecule has 5 heteroatoms. The van der Waals surface area contributed by atoms with E-state index in [1.807, 2.05) is 18.2 Å². The molecule has 1 fully saturated rings. The van der Waals surface area contributed by atoms with E-state index >= 15 is 0 Å². The molecule has 2 atom stereocenters. The molecule has 0 spiro atoms. The van der Waals surface area contributed by atoms with Crippen LogP contribution in [0.1, 0.15) is 37.3 Å². The van der Waals surface area contributed by atoms with E-state index in [9.17, 15) is 4.79 Å². The lowest BCUT2D eigenvalue weighted by Gasteiger charge is -2.24. The molecule has 2 aromatic carbocycles. The molecule has 1 aliphatic rings. The maximum atomic E-state index is 12.3. The largest absolute Gasteiger partial charge is 0.378 e. The Bertz CT molecular complexity index is 671. The van der Waals surface area contributed by atoms with Gasteiger partial charge in [0.1, 0.15) is 0 Å². The number of benzene rings is 2. The van der Waals surface area contributed by atoms with E-state index in [0.717, 1.165) is 36.8 Å². The lowest BCUT2D eigenvalue weighted by Crippen LogP contribution is -2.36. The van der Waals surface area contributed by atoms with Crippen molar-refractivity contribution in [2.45, 2.75) is 37.8 Å². The number of rotatable bonds is 5. The fraction of sp³-hybridized carbons (Fsp3) is 0.421. The smallest absolute Gasteiger partial charge is 0.223 e. The number of halogens is 1. The number of carbonyl (C=O) groups excluding carboxylic acids is 1. The molecule has 0 aromatic heterocycles. The third-order valence-corrected chi connectivity index (χ3v) is 4.43. The number of ether oxygens (including phenoxy) is 1. The maximum Gasteiger partial charge on any atom is 0.223 e. The Morgan fingerprint density at radius 1 is 1.21 bits per heavy atom. The molecule has 3 rings (SSSR count). The van der Waals surface area contributed by atoms with Crippen molar-refractivity contribution in [3.8, 4) is 0 Å². The van der Waals surface area contributed by atoms with Gasteiger partial charge in [0.25, 0.3) is 0 Å². The van der Waals surface area contributed by atoms with Gasteiger partial charge in [-0.2, -0.15) is 0 Å². The first kappa shape index (κ1) is 18.7. The van der Waals surface area contributed by atoms with Crippen LogP contribution in [0.15, 0.2) is 42.5 Å². The van der Waals surface area contributed by atoms with Gasteiger partial charge in [0.15, 0.2) is 0 Å². The molecule has 24 heavy (non-hydrogen) atoms. The molecule has 1 saturated heterocycles. The van der Waals surface area contributed by atoms with E-state index in [-0.39, 0.29) is 30.5 Å². The average molecular weight is 349 g/mol. The van der Waals surface area contributed by atoms with Crippen LogP contribution in [-0.2, 0) is 9.53 Å². The summed E-state index contributed by atoms with van der Waals surface area (Å²) in [5, 5.41) is 5.40. The topological polar surface area (TPSA) is 64.3 Å². The van der Waals surface area contributed by atoms with Crippen molar-refractivity contribution in [2.75, 3.05) is 13.2 Å². The number of carbonyl (C=O) groups is 1. The fourth-order valence-electron chi connectivity index (χ4n) is 3.13. The third-order valence-electron chi connectivity index (χ3n) is 4.43. The van der Waals surface area contributed by atoms with Crippen molar-refractivity contribution in [1.82, 2.24) is 5.32 Å². The molecule has 3 N–H and O–H groups in total. The first-order valence-electron chi connectivity index (χ1n) is 8.36. The Morgan fingerprint density at radius 2 is 2.00 bits per heavy atom. The van der Waals surface area contributed by atoms with Crippen LogP contribution in [0.5, 0.6) is 0 Å². The minimum atomic E-state index is -0.157. The zero-order chi connectivity index (χ0) is 16.1. The first-order chi connectivity index (χ1) is 11.3. The molecule has 0 aliphatic carbocycles. The van der Waals surface area contributed by atoms with Crippen molar-refractivity contribution < 1.29 is 9.53 Å². The van der Waals surface area contributed by atoms with Crippen LogP contribution in [0.25, 0.3) is 10.8 Å². The zero-order valence-corrected chi connectivity index (χ0v) is 14.6. The van der Waals surface area contributed by atoms with Crippen LogP contribution in [0, 0.1) is 0 Å². The van der Waals surface area contributed by atoms with Crippen molar-refractivity contribution in [3.63, 3.8) is 0 Å². The molecule has 1 heterocycles. The van der Waals surface area contributed by atoms with Gasteiger partial charge < -0.3 is 15.8 Å². The second-order valence-electron chi connectivity index (χ2n) is 6.16. The second-order valence-corrected chi connectivity index (χ2v) is 6.16. The number of amides is 1. The summed E-state index contributed by atoms with van der Waals surface area (Å²) in [4.78, 5) is 12.3. The van der Waals surface area contributed by atoms with Gasteiger partial charge >= 0.3 is 0 Å². The van der Waals surface area contributed by atoms with E-state index < -0.39 is 0 Å².